The summed E-state index contributed by atoms with van der Waals surface area (Å²) >= 11 is 0. The maximum absolute atomic E-state index is 5.45. The van der Waals surface area contributed by atoms with Crippen molar-refractivity contribution >= 4 is 10.8 Å². The number of rotatable bonds is 5. The van der Waals surface area contributed by atoms with Crippen LogP contribution in [0.15, 0.2) is 59.6 Å². The van der Waals surface area contributed by atoms with Gasteiger partial charge >= 0.3 is 0 Å². The van der Waals surface area contributed by atoms with Crippen molar-refractivity contribution in [3.05, 3.63) is 55.1 Å². The molecule has 2 heterocycles. The van der Waals surface area contributed by atoms with Gasteiger partial charge in [-0.1, -0.05) is 17.3 Å². The monoisotopic (exact) mass is 362 g/mol. The summed E-state index contributed by atoms with van der Waals surface area (Å²) in [5.74, 6) is 1.65. The van der Waals surface area contributed by atoms with Gasteiger partial charge in [-0.3, -0.25) is 4.98 Å². The molecule has 4 rings (SSSR count). The minimum absolute atomic E-state index is 0.533. The maximum Gasteiger partial charge on any atom is 0.203 e. The average molecular weight is 362 g/mol. The van der Waals surface area contributed by atoms with Gasteiger partial charge in [0.25, 0.3) is 0 Å². The third-order valence-corrected chi connectivity index (χ3v) is 4.46. The number of hydrogen-bond acceptors (Lipinski definition) is 6. The Morgan fingerprint density at radius 2 is 1.59 bits per heavy atom. The molecule has 0 saturated carbocycles. The lowest BCUT2D eigenvalue weighted by molar-refractivity contribution is 0.324. The predicted molar refractivity (Wildman–Crippen MR) is 102 cm³/mol. The van der Waals surface area contributed by atoms with Crippen LogP contribution in [0, 0.1) is 0 Å². The second-order valence-corrected chi connectivity index (χ2v) is 5.93. The smallest absolute Gasteiger partial charge is 0.203 e. The van der Waals surface area contributed by atoms with E-state index in [4.69, 9.17) is 18.7 Å². The fourth-order valence-electron chi connectivity index (χ4n) is 3.12. The molecule has 27 heavy (non-hydrogen) atoms. The van der Waals surface area contributed by atoms with E-state index in [1.807, 2.05) is 30.5 Å². The summed E-state index contributed by atoms with van der Waals surface area (Å²) in [6.07, 6.45) is 5.25. The van der Waals surface area contributed by atoms with Crippen molar-refractivity contribution in [1.29, 1.82) is 0 Å². The molecular weight excluding hydrogens is 344 g/mol. The second kappa shape index (κ2) is 6.99. The number of ether oxygens (including phenoxy) is 3. The van der Waals surface area contributed by atoms with Crippen LogP contribution in [0.25, 0.3) is 33.2 Å². The number of nitrogens with zero attached hydrogens (tertiary/aromatic N) is 2. The number of hydrogen-bond donors (Lipinski definition) is 0. The Bertz CT molecular complexity index is 1080. The Hall–Kier alpha value is -3.54. The highest BCUT2D eigenvalue weighted by atomic mass is 16.5. The van der Waals surface area contributed by atoms with Crippen LogP contribution >= 0.6 is 0 Å². The topological polar surface area (TPSA) is 66.6 Å². The van der Waals surface area contributed by atoms with Crippen LogP contribution in [0.4, 0.5) is 0 Å². The summed E-state index contributed by atoms with van der Waals surface area (Å²) in [5.41, 5.74) is 3.35. The van der Waals surface area contributed by atoms with Crippen LogP contribution < -0.4 is 14.2 Å². The summed E-state index contributed by atoms with van der Waals surface area (Å²) in [6.45, 7) is 0. The standard InChI is InChI=1S/C21H18N2O4/c1-24-18-9-15(10-19(25-2)21(18)26-3)20-17(12-27-23-20)14-5-4-13-6-7-22-11-16(13)8-14/h4-12H,1-3H3. The molecule has 0 unspecified atom stereocenters. The van der Waals surface area contributed by atoms with E-state index >= 15 is 0 Å². The van der Waals surface area contributed by atoms with E-state index in [1.54, 1.807) is 33.8 Å². The summed E-state index contributed by atoms with van der Waals surface area (Å²) in [4.78, 5) is 4.19. The first-order chi connectivity index (χ1) is 13.2. The van der Waals surface area contributed by atoms with Gasteiger partial charge in [-0.15, -0.1) is 0 Å². The molecule has 0 radical (unpaired) electrons. The summed E-state index contributed by atoms with van der Waals surface area (Å²) in [5, 5.41) is 6.38. The average Bonchev–Trinajstić information content (AvgIpc) is 3.22. The van der Waals surface area contributed by atoms with E-state index in [2.05, 4.69) is 22.3 Å². The molecule has 6 heteroatoms. The van der Waals surface area contributed by atoms with Gasteiger partial charge in [-0.25, -0.2) is 0 Å². The number of benzene rings is 2. The lowest BCUT2D eigenvalue weighted by Crippen LogP contribution is -1.96. The lowest BCUT2D eigenvalue weighted by atomic mass is 9.99. The largest absolute Gasteiger partial charge is 0.493 e. The summed E-state index contributed by atoms with van der Waals surface area (Å²) in [6, 6.07) is 11.8. The molecule has 0 bridgehead atoms. The van der Waals surface area contributed by atoms with Crippen molar-refractivity contribution < 1.29 is 18.7 Å². The first-order valence-corrected chi connectivity index (χ1v) is 8.34. The lowest BCUT2D eigenvalue weighted by Gasteiger charge is -2.13. The van der Waals surface area contributed by atoms with Gasteiger partial charge in [0.15, 0.2) is 11.5 Å². The van der Waals surface area contributed by atoms with Gasteiger partial charge in [-0.2, -0.15) is 0 Å². The Labute approximate surface area is 156 Å². The molecule has 0 aliphatic carbocycles. The molecule has 136 valence electrons. The number of aromatic nitrogens is 2. The molecule has 2 aromatic heterocycles. The zero-order chi connectivity index (χ0) is 18.8. The predicted octanol–water partition coefficient (Wildman–Crippen LogP) is 4.58. The fourth-order valence-corrected chi connectivity index (χ4v) is 3.12. The fraction of sp³-hybridized carbons (Fsp3) is 0.143. The van der Waals surface area contributed by atoms with Crippen LogP contribution in [-0.2, 0) is 0 Å². The molecule has 0 fully saturated rings. The van der Waals surface area contributed by atoms with Crippen molar-refractivity contribution in [3.8, 4) is 39.6 Å². The maximum atomic E-state index is 5.45. The number of methoxy groups -OCH3 is 3. The van der Waals surface area contributed by atoms with Crippen LogP contribution in [0.5, 0.6) is 17.2 Å². The van der Waals surface area contributed by atoms with E-state index in [1.165, 1.54) is 0 Å². The van der Waals surface area contributed by atoms with Gasteiger partial charge in [0.05, 0.1) is 21.3 Å². The SMILES string of the molecule is COc1cc(-c2nocc2-c2ccc3ccncc3c2)cc(OC)c1OC. The van der Waals surface area contributed by atoms with E-state index in [9.17, 15) is 0 Å². The Morgan fingerprint density at radius 1 is 0.815 bits per heavy atom. The first kappa shape index (κ1) is 16.9. The molecule has 0 aliphatic rings. The van der Waals surface area contributed by atoms with Crippen molar-refractivity contribution in [3.63, 3.8) is 0 Å². The first-order valence-electron chi connectivity index (χ1n) is 8.34. The van der Waals surface area contributed by atoms with Gasteiger partial charge < -0.3 is 18.7 Å². The van der Waals surface area contributed by atoms with Crippen LogP contribution in [0.2, 0.25) is 0 Å². The van der Waals surface area contributed by atoms with Gasteiger partial charge in [0.2, 0.25) is 5.75 Å². The molecule has 2 aromatic carbocycles. The Morgan fingerprint density at radius 3 is 2.30 bits per heavy atom. The van der Waals surface area contributed by atoms with Crippen molar-refractivity contribution in [1.82, 2.24) is 10.1 Å². The molecule has 0 atom stereocenters. The molecule has 0 saturated heterocycles. The zero-order valence-electron chi connectivity index (χ0n) is 15.2. The van der Waals surface area contributed by atoms with Crippen LogP contribution in [0.1, 0.15) is 0 Å². The van der Waals surface area contributed by atoms with Crippen LogP contribution in [-0.4, -0.2) is 31.5 Å². The third kappa shape index (κ3) is 2.95. The minimum Gasteiger partial charge on any atom is -0.493 e. The molecular formula is C21H18N2O4. The van der Waals surface area contributed by atoms with Gasteiger partial charge in [-0.05, 0) is 35.2 Å². The summed E-state index contributed by atoms with van der Waals surface area (Å²) in [7, 11) is 4.74. The second-order valence-electron chi connectivity index (χ2n) is 5.93. The minimum atomic E-state index is 0.533. The summed E-state index contributed by atoms with van der Waals surface area (Å²) < 4.78 is 21.6. The van der Waals surface area contributed by atoms with Crippen molar-refractivity contribution in [2.24, 2.45) is 0 Å². The molecule has 0 N–H and O–H groups in total. The highest BCUT2D eigenvalue weighted by Crippen LogP contribution is 2.43. The Balaban J connectivity index is 1.86. The quantitative estimate of drug-likeness (QED) is 0.518. The van der Waals surface area contributed by atoms with Gasteiger partial charge in [0.1, 0.15) is 12.0 Å². The van der Waals surface area contributed by atoms with E-state index < -0.39 is 0 Å². The zero-order valence-corrected chi connectivity index (χ0v) is 15.2. The van der Waals surface area contributed by atoms with E-state index in [0.717, 1.165) is 27.5 Å². The van der Waals surface area contributed by atoms with Crippen molar-refractivity contribution in [2.75, 3.05) is 21.3 Å². The number of pyridine rings is 1. The molecule has 0 aliphatic heterocycles. The van der Waals surface area contributed by atoms with Gasteiger partial charge in [0, 0.05) is 28.9 Å². The highest BCUT2D eigenvalue weighted by molar-refractivity contribution is 5.90. The molecule has 0 amide bonds. The number of fused-ring (bicyclic) bond motifs is 1. The van der Waals surface area contributed by atoms with Crippen molar-refractivity contribution in [2.45, 2.75) is 0 Å². The third-order valence-electron chi connectivity index (χ3n) is 4.46. The van der Waals surface area contributed by atoms with Crippen LogP contribution in [0.3, 0.4) is 0 Å². The highest BCUT2D eigenvalue weighted by Gasteiger charge is 2.19. The van der Waals surface area contributed by atoms with E-state index in [-0.39, 0.29) is 0 Å². The molecule has 0 spiro atoms. The normalized spacial score (nSPS) is 10.8. The molecule has 6 nitrogen and oxygen atoms in total. The Kier molecular flexibility index (Phi) is 4.38. The molecule has 4 aromatic rings. The van der Waals surface area contributed by atoms with E-state index in [0.29, 0.717) is 22.9 Å².